The van der Waals surface area contributed by atoms with Gasteiger partial charge in [0.05, 0.1) is 12.1 Å². The van der Waals surface area contributed by atoms with Gasteiger partial charge in [-0.05, 0) is 29.8 Å². The molecule has 0 aliphatic heterocycles. The number of carbonyl (C=O) groups excluding carboxylic acids is 1. The molecule has 0 unspecified atom stereocenters. The molecule has 0 atom stereocenters. The first-order valence-corrected chi connectivity index (χ1v) is 7.29. The third-order valence-corrected chi connectivity index (χ3v) is 3.30. The summed E-state index contributed by atoms with van der Waals surface area (Å²) in [4.78, 5) is 15.0. The van der Waals surface area contributed by atoms with Gasteiger partial charge in [0.2, 0.25) is 0 Å². The van der Waals surface area contributed by atoms with E-state index in [1.165, 1.54) is 18.2 Å². The minimum absolute atomic E-state index is 0.0597. The quantitative estimate of drug-likeness (QED) is 0.567. The Labute approximate surface area is 141 Å². The minimum Gasteiger partial charge on any atom is -0.454 e. The van der Waals surface area contributed by atoms with Gasteiger partial charge >= 0.3 is 6.18 Å². The second kappa shape index (κ2) is 7.73. The van der Waals surface area contributed by atoms with Crippen LogP contribution in [0.4, 0.5) is 13.2 Å². The van der Waals surface area contributed by atoms with Gasteiger partial charge in [-0.25, -0.2) is 0 Å². The van der Waals surface area contributed by atoms with E-state index in [0.717, 1.165) is 12.1 Å². The Morgan fingerprint density at radius 2 is 1.76 bits per heavy atom. The predicted octanol–water partition coefficient (Wildman–Crippen LogP) is 2.26. The summed E-state index contributed by atoms with van der Waals surface area (Å²) in [6.45, 7) is 0.558. The van der Waals surface area contributed by atoms with Crippen LogP contribution in [0.3, 0.4) is 0 Å². The Kier molecular flexibility index (Phi) is 5.68. The fraction of sp³-hybridized carbons (Fsp3) is 0.250. The molecule has 134 valence electrons. The monoisotopic (exact) mass is 354 g/mol. The predicted molar refractivity (Wildman–Crippen MR) is 85.7 cm³/mol. The first kappa shape index (κ1) is 18.4. The Morgan fingerprint density at radius 1 is 1.12 bits per heavy atom. The smallest absolute Gasteiger partial charge is 0.416 e. The molecule has 0 spiro atoms. The van der Waals surface area contributed by atoms with Gasteiger partial charge in [0.15, 0.2) is 11.7 Å². The number of hydrogen-bond donors (Lipinski definition) is 3. The lowest BCUT2D eigenvalue weighted by atomic mass is 10.1. The number of nitrogens with zero attached hydrogens (tertiary/aromatic N) is 1. The third kappa shape index (κ3) is 5.27. The molecule has 1 aromatic heterocycles. The second-order valence-electron chi connectivity index (χ2n) is 5.10. The SMILES string of the molecule is CN=C(NCc1ccc(C(F)(F)F)cc1)NCc1ccc(C(N)=O)o1. The van der Waals surface area contributed by atoms with Crippen molar-refractivity contribution in [2.24, 2.45) is 10.7 Å². The zero-order valence-electron chi connectivity index (χ0n) is 13.4. The largest absolute Gasteiger partial charge is 0.454 e. The van der Waals surface area contributed by atoms with Crippen LogP contribution in [0.2, 0.25) is 0 Å². The average Bonchev–Trinajstić information content (AvgIpc) is 3.04. The number of furan rings is 1. The van der Waals surface area contributed by atoms with Crippen molar-refractivity contribution >= 4 is 11.9 Å². The molecule has 2 aromatic rings. The number of benzene rings is 1. The maximum Gasteiger partial charge on any atom is 0.416 e. The first-order chi connectivity index (χ1) is 11.8. The molecule has 0 aliphatic rings. The highest BCUT2D eigenvalue weighted by Crippen LogP contribution is 2.29. The van der Waals surface area contributed by atoms with Crippen molar-refractivity contribution in [3.05, 3.63) is 59.0 Å². The number of alkyl halides is 3. The summed E-state index contributed by atoms with van der Waals surface area (Å²) in [6, 6.07) is 7.93. The van der Waals surface area contributed by atoms with E-state index in [-0.39, 0.29) is 12.3 Å². The highest BCUT2D eigenvalue weighted by Gasteiger charge is 2.29. The van der Waals surface area contributed by atoms with Crippen molar-refractivity contribution in [3.8, 4) is 0 Å². The molecule has 0 aliphatic carbocycles. The Hall–Kier alpha value is -2.97. The summed E-state index contributed by atoms with van der Waals surface area (Å²) in [5, 5.41) is 5.92. The van der Waals surface area contributed by atoms with Crippen molar-refractivity contribution in [2.45, 2.75) is 19.3 Å². The molecule has 0 fully saturated rings. The van der Waals surface area contributed by atoms with Crippen molar-refractivity contribution in [2.75, 3.05) is 7.05 Å². The van der Waals surface area contributed by atoms with Crippen molar-refractivity contribution in [1.82, 2.24) is 10.6 Å². The van der Waals surface area contributed by atoms with Gasteiger partial charge in [-0.1, -0.05) is 12.1 Å². The van der Waals surface area contributed by atoms with Crippen LogP contribution in [0, 0.1) is 0 Å². The molecule has 1 heterocycles. The molecule has 0 saturated carbocycles. The van der Waals surface area contributed by atoms with E-state index >= 15 is 0 Å². The summed E-state index contributed by atoms with van der Waals surface area (Å²) in [7, 11) is 1.55. The van der Waals surface area contributed by atoms with E-state index in [2.05, 4.69) is 15.6 Å². The highest BCUT2D eigenvalue weighted by atomic mass is 19.4. The summed E-state index contributed by atoms with van der Waals surface area (Å²) >= 11 is 0. The standard InChI is InChI=1S/C16H17F3N4O2/c1-21-15(23-9-12-6-7-13(25-12)14(20)24)22-8-10-2-4-11(5-3-10)16(17,18)19/h2-7H,8-9H2,1H3,(H2,20,24)(H2,21,22,23). The van der Waals surface area contributed by atoms with E-state index in [1.54, 1.807) is 13.1 Å². The number of nitrogens with two attached hydrogens (primary N) is 1. The maximum absolute atomic E-state index is 12.5. The number of aliphatic imine (C=N–C) groups is 1. The molecular formula is C16H17F3N4O2. The molecule has 6 nitrogen and oxygen atoms in total. The number of rotatable bonds is 5. The Morgan fingerprint density at radius 3 is 2.28 bits per heavy atom. The van der Waals surface area contributed by atoms with E-state index in [9.17, 15) is 18.0 Å². The van der Waals surface area contributed by atoms with Crippen LogP contribution >= 0.6 is 0 Å². The first-order valence-electron chi connectivity index (χ1n) is 7.29. The van der Waals surface area contributed by atoms with E-state index in [0.29, 0.717) is 23.8 Å². The molecule has 0 bridgehead atoms. The van der Waals surface area contributed by atoms with Crippen LogP contribution in [0.1, 0.15) is 27.4 Å². The van der Waals surface area contributed by atoms with Crippen LogP contribution in [0.5, 0.6) is 0 Å². The molecule has 25 heavy (non-hydrogen) atoms. The second-order valence-corrected chi connectivity index (χ2v) is 5.10. The van der Waals surface area contributed by atoms with Crippen LogP contribution in [-0.2, 0) is 19.3 Å². The zero-order valence-corrected chi connectivity index (χ0v) is 13.4. The average molecular weight is 354 g/mol. The van der Waals surface area contributed by atoms with Gasteiger partial charge in [-0.3, -0.25) is 9.79 Å². The van der Waals surface area contributed by atoms with Crippen LogP contribution in [-0.4, -0.2) is 18.9 Å². The van der Waals surface area contributed by atoms with Gasteiger partial charge < -0.3 is 20.8 Å². The Balaban J connectivity index is 1.86. The minimum atomic E-state index is -4.35. The molecular weight excluding hydrogens is 337 g/mol. The van der Waals surface area contributed by atoms with Gasteiger partial charge in [-0.2, -0.15) is 13.2 Å². The van der Waals surface area contributed by atoms with Crippen molar-refractivity contribution < 1.29 is 22.4 Å². The van der Waals surface area contributed by atoms with Crippen LogP contribution in [0.25, 0.3) is 0 Å². The van der Waals surface area contributed by atoms with Gasteiger partial charge in [0.25, 0.3) is 5.91 Å². The van der Waals surface area contributed by atoms with Crippen LogP contribution < -0.4 is 16.4 Å². The number of guanidine groups is 1. The third-order valence-electron chi connectivity index (χ3n) is 3.30. The number of halogens is 3. The van der Waals surface area contributed by atoms with E-state index < -0.39 is 17.6 Å². The van der Waals surface area contributed by atoms with E-state index in [1.807, 2.05) is 0 Å². The lowest BCUT2D eigenvalue weighted by Crippen LogP contribution is -2.36. The lowest BCUT2D eigenvalue weighted by molar-refractivity contribution is -0.137. The van der Waals surface area contributed by atoms with Crippen molar-refractivity contribution in [1.29, 1.82) is 0 Å². The van der Waals surface area contributed by atoms with Crippen molar-refractivity contribution in [3.63, 3.8) is 0 Å². The van der Waals surface area contributed by atoms with Gasteiger partial charge in [-0.15, -0.1) is 0 Å². The molecule has 2 rings (SSSR count). The summed E-state index contributed by atoms with van der Waals surface area (Å²) in [5.41, 5.74) is 5.08. The van der Waals surface area contributed by atoms with E-state index in [4.69, 9.17) is 10.2 Å². The summed E-state index contributed by atoms with van der Waals surface area (Å²) in [5.74, 6) is 0.323. The molecule has 1 aromatic carbocycles. The topological polar surface area (TPSA) is 92.6 Å². The normalized spacial score (nSPS) is 12.1. The molecule has 0 radical (unpaired) electrons. The number of primary amides is 1. The molecule has 9 heteroatoms. The molecule has 1 amide bonds. The van der Waals surface area contributed by atoms with Gasteiger partial charge in [0.1, 0.15) is 5.76 Å². The zero-order chi connectivity index (χ0) is 18.4. The van der Waals surface area contributed by atoms with Gasteiger partial charge in [0, 0.05) is 13.6 Å². The summed E-state index contributed by atoms with van der Waals surface area (Å²) in [6.07, 6.45) is -4.35. The van der Waals surface area contributed by atoms with Crippen LogP contribution in [0.15, 0.2) is 45.8 Å². The lowest BCUT2D eigenvalue weighted by Gasteiger charge is -2.12. The summed E-state index contributed by atoms with van der Waals surface area (Å²) < 4.78 is 42.8. The maximum atomic E-state index is 12.5. The highest BCUT2D eigenvalue weighted by molar-refractivity contribution is 5.89. The Bertz CT molecular complexity index is 751. The fourth-order valence-electron chi connectivity index (χ4n) is 1.99. The number of nitrogens with one attached hydrogen (secondary N) is 2. The number of hydrogen-bond acceptors (Lipinski definition) is 3. The molecule has 4 N–H and O–H groups in total. The number of carbonyl (C=O) groups is 1. The molecule has 0 saturated heterocycles. The number of amides is 1. The fourth-order valence-corrected chi connectivity index (χ4v) is 1.99.